The van der Waals surface area contributed by atoms with Gasteiger partial charge in [-0.05, 0) is 18.2 Å². The van der Waals surface area contributed by atoms with Gasteiger partial charge < -0.3 is 14.8 Å². The number of hydrogen-bond acceptors (Lipinski definition) is 4. The molecule has 1 N–H and O–H groups in total. The van der Waals surface area contributed by atoms with Gasteiger partial charge in [-0.2, -0.15) is 0 Å². The molecule has 0 atom stereocenters. The molecule has 1 rings (SSSR count). The second-order valence-electron chi connectivity index (χ2n) is 3.29. The summed E-state index contributed by atoms with van der Waals surface area (Å²) in [4.78, 5) is 22.1. The van der Waals surface area contributed by atoms with Crippen LogP contribution in [0.4, 0.5) is 0 Å². The number of benzene rings is 1. The van der Waals surface area contributed by atoms with E-state index in [9.17, 15) is 9.59 Å². The average molecular weight is 247 g/mol. The predicted molar refractivity (Wildman–Crippen MR) is 65.7 cm³/mol. The van der Waals surface area contributed by atoms with Gasteiger partial charge in [-0.1, -0.05) is 5.92 Å². The monoisotopic (exact) mass is 247 g/mol. The van der Waals surface area contributed by atoms with Crippen molar-refractivity contribution in [3.63, 3.8) is 0 Å². The zero-order valence-corrected chi connectivity index (χ0v) is 9.93. The predicted octanol–water partition coefficient (Wildman–Crippen LogP) is 0.636. The lowest BCUT2D eigenvalue weighted by atomic mass is 10.2. The number of ether oxygens (including phenoxy) is 2. The van der Waals surface area contributed by atoms with E-state index in [-0.39, 0.29) is 19.1 Å². The summed E-state index contributed by atoms with van der Waals surface area (Å²) in [7, 11) is 1.50. The quantitative estimate of drug-likeness (QED) is 0.591. The molecule has 0 saturated heterocycles. The van der Waals surface area contributed by atoms with E-state index >= 15 is 0 Å². The number of hydrogen-bond donors (Lipinski definition) is 1. The Morgan fingerprint density at radius 3 is 2.94 bits per heavy atom. The number of terminal acetylenes is 1. The Bertz CT molecular complexity index is 476. The lowest BCUT2D eigenvalue weighted by molar-refractivity contribution is -0.122. The fourth-order valence-electron chi connectivity index (χ4n) is 1.22. The van der Waals surface area contributed by atoms with Gasteiger partial charge in [0.15, 0.2) is 12.9 Å². The fraction of sp³-hybridized carbons (Fsp3) is 0.231. The maximum atomic E-state index is 11.3. The highest BCUT2D eigenvalue weighted by atomic mass is 16.5. The van der Waals surface area contributed by atoms with E-state index in [0.717, 1.165) is 0 Å². The first kappa shape index (κ1) is 13.6. The Kier molecular flexibility index (Phi) is 5.26. The van der Waals surface area contributed by atoms with Gasteiger partial charge in [0, 0.05) is 0 Å². The highest BCUT2D eigenvalue weighted by Crippen LogP contribution is 2.22. The standard InChI is InChI=1S/C13H13NO4/c1-3-6-14-13(16)9-18-12-5-4-11(17-2)7-10(12)8-15/h1,4-5,7-8H,6,9H2,2H3,(H,14,16). The Morgan fingerprint density at radius 1 is 1.56 bits per heavy atom. The Morgan fingerprint density at radius 2 is 2.33 bits per heavy atom. The van der Waals surface area contributed by atoms with Crippen LogP contribution in [0.15, 0.2) is 18.2 Å². The summed E-state index contributed by atoms with van der Waals surface area (Å²) in [5, 5.41) is 2.45. The molecule has 0 bridgehead atoms. The van der Waals surface area contributed by atoms with Gasteiger partial charge in [-0.25, -0.2) is 0 Å². The first-order chi connectivity index (χ1) is 8.71. The molecule has 0 aromatic heterocycles. The Balaban J connectivity index is 2.64. The molecule has 0 radical (unpaired) electrons. The summed E-state index contributed by atoms with van der Waals surface area (Å²) in [5.74, 6) is 2.79. The van der Waals surface area contributed by atoms with Gasteiger partial charge in [0.25, 0.3) is 5.91 Å². The van der Waals surface area contributed by atoms with Crippen LogP contribution in [0.2, 0.25) is 0 Å². The minimum absolute atomic E-state index is 0.144. The summed E-state index contributed by atoms with van der Waals surface area (Å²) in [6.45, 7) is -0.0554. The molecule has 18 heavy (non-hydrogen) atoms. The maximum absolute atomic E-state index is 11.3. The van der Waals surface area contributed by atoms with Gasteiger partial charge in [-0.15, -0.1) is 6.42 Å². The topological polar surface area (TPSA) is 64.6 Å². The third-order valence-electron chi connectivity index (χ3n) is 2.09. The van der Waals surface area contributed by atoms with E-state index in [1.807, 2.05) is 0 Å². The van der Waals surface area contributed by atoms with Crippen LogP contribution < -0.4 is 14.8 Å². The largest absolute Gasteiger partial charge is 0.497 e. The summed E-state index contributed by atoms with van der Waals surface area (Å²) >= 11 is 0. The van der Waals surface area contributed by atoms with Crippen LogP contribution in [-0.2, 0) is 4.79 Å². The van der Waals surface area contributed by atoms with Crippen LogP contribution in [0, 0.1) is 12.3 Å². The fourth-order valence-corrected chi connectivity index (χ4v) is 1.22. The summed E-state index contributed by atoms with van der Waals surface area (Å²) in [6, 6.07) is 4.74. The summed E-state index contributed by atoms with van der Waals surface area (Å²) < 4.78 is 10.2. The van der Waals surface area contributed by atoms with Crippen molar-refractivity contribution in [1.82, 2.24) is 5.32 Å². The molecule has 94 valence electrons. The van der Waals surface area contributed by atoms with Crippen molar-refractivity contribution in [1.29, 1.82) is 0 Å². The second-order valence-corrected chi connectivity index (χ2v) is 3.29. The average Bonchev–Trinajstić information content (AvgIpc) is 2.42. The van der Waals surface area contributed by atoms with E-state index in [0.29, 0.717) is 23.3 Å². The molecule has 0 aliphatic rings. The molecule has 0 fully saturated rings. The molecule has 0 heterocycles. The van der Waals surface area contributed by atoms with Gasteiger partial charge >= 0.3 is 0 Å². The summed E-state index contributed by atoms with van der Waals surface area (Å²) in [6.07, 6.45) is 5.63. The Hall–Kier alpha value is -2.48. The highest BCUT2D eigenvalue weighted by molar-refractivity contribution is 5.81. The van der Waals surface area contributed by atoms with Crippen LogP contribution >= 0.6 is 0 Å². The van der Waals surface area contributed by atoms with Gasteiger partial charge in [0.1, 0.15) is 11.5 Å². The molecule has 1 aromatic carbocycles. The van der Waals surface area contributed by atoms with Crippen LogP contribution in [0.3, 0.4) is 0 Å². The first-order valence-electron chi connectivity index (χ1n) is 5.17. The number of nitrogens with one attached hydrogen (secondary N) is 1. The van der Waals surface area contributed by atoms with Crippen molar-refractivity contribution in [3.05, 3.63) is 23.8 Å². The smallest absolute Gasteiger partial charge is 0.258 e. The third kappa shape index (κ3) is 3.83. The molecular weight excluding hydrogens is 234 g/mol. The van der Waals surface area contributed by atoms with Crippen LogP contribution in [-0.4, -0.2) is 32.5 Å². The maximum Gasteiger partial charge on any atom is 0.258 e. The van der Waals surface area contributed by atoms with Crippen molar-refractivity contribution in [2.75, 3.05) is 20.3 Å². The molecule has 0 spiro atoms. The number of carbonyl (C=O) groups is 2. The third-order valence-corrected chi connectivity index (χ3v) is 2.09. The van der Waals surface area contributed by atoms with Gasteiger partial charge in [0.2, 0.25) is 0 Å². The van der Waals surface area contributed by atoms with E-state index < -0.39 is 0 Å². The van der Waals surface area contributed by atoms with Crippen LogP contribution in [0.25, 0.3) is 0 Å². The number of amides is 1. The van der Waals surface area contributed by atoms with Crippen LogP contribution in [0.5, 0.6) is 11.5 Å². The molecule has 0 aliphatic heterocycles. The van der Waals surface area contributed by atoms with Crippen LogP contribution in [0.1, 0.15) is 10.4 Å². The lowest BCUT2D eigenvalue weighted by Gasteiger charge is -2.09. The number of aldehydes is 1. The zero-order valence-electron chi connectivity index (χ0n) is 9.93. The number of rotatable bonds is 6. The Labute approximate surface area is 105 Å². The van der Waals surface area contributed by atoms with Crippen molar-refractivity contribution >= 4 is 12.2 Å². The lowest BCUT2D eigenvalue weighted by Crippen LogP contribution is -2.29. The molecule has 1 aromatic rings. The van der Waals surface area contributed by atoms with E-state index in [1.54, 1.807) is 12.1 Å². The van der Waals surface area contributed by atoms with Crippen molar-refractivity contribution < 1.29 is 19.1 Å². The van der Waals surface area contributed by atoms with E-state index in [1.165, 1.54) is 13.2 Å². The molecule has 0 aliphatic carbocycles. The van der Waals surface area contributed by atoms with Crippen molar-refractivity contribution in [2.45, 2.75) is 0 Å². The summed E-state index contributed by atoms with van der Waals surface area (Å²) in [5.41, 5.74) is 0.319. The second kappa shape index (κ2) is 6.97. The van der Waals surface area contributed by atoms with Crippen molar-refractivity contribution in [3.8, 4) is 23.8 Å². The van der Waals surface area contributed by atoms with Gasteiger partial charge in [-0.3, -0.25) is 9.59 Å². The molecule has 1 amide bonds. The first-order valence-corrected chi connectivity index (χ1v) is 5.17. The number of carbonyl (C=O) groups excluding carboxylic acids is 2. The molecular formula is C13H13NO4. The molecule has 0 unspecified atom stereocenters. The zero-order chi connectivity index (χ0) is 13.4. The normalized spacial score (nSPS) is 9.11. The number of methoxy groups -OCH3 is 1. The van der Waals surface area contributed by atoms with Crippen molar-refractivity contribution in [2.24, 2.45) is 0 Å². The van der Waals surface area contributed by atoms with E-state index in [4.69, 9.17) is 15.9 Å². The minimum Gasteiger partial charge on any atom is -0.497 e. The minimum atomic E-state index is -0.347. The van der Waals surface area contributed by atoms with E-state index in [2.05, 4.69) is 11.2 Å². The molecule has 5 nitrogen and oxygen atoms in total. The highest BCUT2D eigenvalue weighted by Gasteiger charge is 2.07. The van der Waals surface area contributed by atoms with Gasteiger partial charge in [0.05, 0.1) is 19.2 Å². The SMILES string of the molecule is C#CCNC(=O)COc1ccc(OC)cc1C=O. The molecule has 5 heteroatoms. The molecule has 0 saturated carbocycles.